The molecule has 1 saturated heterocycles. The van der Waals surface area contributed by atoms with Gasteiger partial charge in [0.15, 0.2) is 0 Å². The standard InChI is InChI=1S/C10H14N4/c11-4-1-9-7-13-10(14-9)8-2-5-12-6-3-8/h7-8,12H,1-3,5-6H2,(H,13,14). The van der Waals surface area contributed by atoms with Crippen LogP contribution >= 0.6 is 0 Å². The molecule has 0 amide bonds. The predicted octanol–water partition coefficient (Wildman–Crippen LogP) is 0.943. The minimum Gasteiger partial charge on any atom is -0.345 e. The Morgan fingerprint density at radius 1 is 1.50 bits per heavy atom. The first-order valence-corrected chi connectivity index (χ1v) is 5.01. The van der Waals surface area contributed by atoms with Crippen molar-refractivity contribution in [1.29, 1.82) is 5.26 Å². The predicted molar refractivity (Wildman–Crippen MR) is 52.7 cm³/mol. The van der Waals surface area contributed by atoms with E-state index in [-0.39, 0.29) is 0 Å². The van der Waals surface area contributed by atoms with E-state index in [0.29, 0.717) is 12.3 Å². The minimum absolute atomic E-state index is 0.429. The van der Waals surface area contributed by atoms with Gasteiger partial charge in [0.25, 0.3) is 0 Å². The molecule has 1 aromatic rings. The normalized spacial score (nSPS) is 17.9. The molecule has 0 atom stereocenters. The van der Waals surface area contributed by atoms with Crippen molar-refractivity contribution < 1.29 is 0 Å². The van der Waals surface area contributed by atoms with E-state index in [1.54, 1.807) is 6.20 Å². The van der Waals surface area contributed by atoms with Gasteiger partial charge in [0.1, 0.15) is 5.82 Å². The number of rotatable bonds is 2. The summed E-state index contributed by atoms with van der Waals surface area (Å²) in [5.74, 6) is 1.60. The van der Waals surface area contributed by atoms with E-state index in [9.17, 15) is 0 Å². The SMILES string of the molecule is N#CCc1cnc(C2CCNCC2)[nH]1. The lowest BCUT2D eigenvalue weighted by molar-refractivity contribution is 0.447. The Morgan fingerprint density at radius 2 is 2.29 bits per heavy atom. The maximum Gasteiger partial charge on any atom is 0.109 e. The first-order chi connectivity index (χ1) is 6.90. The highest BCUT2D eigenvalue weighted by Crippen LogP contribution is 2.22. The second kappa shape index (κ2) is 4.25. The maximum atomic E-state index is 8.53. The highest BCUT2D eigenvalue weighted by molar-refractivity contribution is 5.09. The van der Waals surface area contributed by atoms with Crippen molar-refractivity contribution in [3.8, 4) is 6.07 Å². The third-order valence-electron chi connectivity index (χ3n) is 2.64. The number of H-pyrrole nitrogens is 1. The number of hydrogen-bond acceptors (Lipinski definition) is 3. The number of nitrogens with one attached hydrogen (secondary N) is 2. The van der Waals surface area contributed by atoms with E-state index in [0.717, 1.165) is 37.4 Å². The van der Waals surface area contributed by atoms with Crippen LogP contribution in [0.5, 0.6) is 0 Å². The molecular weight excluding hydrogens is 176 g/mol. The van der Waals surface area contributed by atoms with Crippen LogP contribution in [-0.2, 0) is 6.42 Å². The van der Waals surface area contributed by atoms with E-state index in [1.807, 2.05) is 0 Å². The zero-order valence-corrected chi connectivity index (χ0v) is 8.08. The largest absolute Gasteiger partial charge is 0.345 e. The van der Waals surface area contributed by atoms with Crippen LogP contribution in [0.2, 0.25) is 0 Å². The summed E-state index contributed by atoms with van der Waals surface area (Å²) in [4.78, 5) is 7.55. The summed E-state index contributed by atoms with van der Waals surface area (Å²) in [6.45, 7) is 2.14. The molecule has 0 aliphatic carbocycles. The second-order valence-electron chi connectivity index (χ2n) is 3.65. The summed E-state index contributed by atoms with van der Waals surface area (Å²) in [7, 11) is 0. The first-order valence-electron chi connectivity index (χ1n) is 5.01. The molecule has 0 saturated carbocycles. The van der Waals surface area contributed by atoms with Gasteiger partial charge in [-0.25, -0.2) is 4.98 Å². The molecule has 0 spiro atoms. The van der Waals surface area contributed by atoms with Gasteiger partial charge >= 0.3 is 0 Å². The van der Waals surface area contributed by atoms with Gasteiger partial charge in [-0.05, 0) is 25.9 Å². The van der Waals surface area contributed by atoms with Gasteiger partial charge in [0, 0.05) is 17.8 Å². The Balaban J connectivity index is 2.04. The number of piperidine rings is 1. The number of nitrogens with zero attached hydrogens (tertiary/aromatic N) is 2. The zero-order chi connectivity index (χ0) is 9.80. The topological polar surface area (TPSA) is 64.5 Å². The van der Waals surface area contributed by atoms with E-state index in [4.69, 9.17) is 5.26 Å². The van der Waals surface area contributed by atoms with E-state index in [2.05, 4.69) is 21.4 Å². The summed E-state index contributed by atoms with van der Waals surface area (Å²) < 4.78 is 0. The Kier molecular flexibility index (Phi) is 2.80. The number of hydrogen-bond donors (Lipinski definition) is 2. The molecule has 2 N–H and O–H groups in total. The Hall–Kier alpha value is -1.34. The van der Waals surface area contributed by atoms with Crippen molar-refractivity contribution >= 4 is 0 Å². The number of aromatic amines is 1. The molecule has 1 aliphatic rings. The molecule has 4 nitrogen and oxygen atoms in total. The van der Waals surface area contributed by atoms with Gasteiger partial charge in [-0.2, -0.15) is 5.26 Å². The Labute approximate surface area is 83.4 Å². The van der Waals surface area contributed by atoms with Crippen molar-refractivity contribution in [3.05, 3.63) is 17.7 Å². The summed E-state index contributed by atoms with van der Waals surface area (Å²) >= 11 is 0. The summed E-state index contributed by atoms with van der Waals surface area (Å²) in [5, 5.41) is 11.9. The fourth-order valence-corrected chi connectivity index (χ4v) is 1.85. The molecule has 0 radical (unpaired) electrons. The van der Waals surface area contributed by atoms with Crippen LogP contribution in [0.4, 0.5) is 0 Å². The van der Waals surface area contributed by atoms with Crippen molar-refractivity contribution in [2.45, 2.75) is 25.2 Å². The van der Waals surface area contributed by atoms with Crippen LogP contribution in [0.1, 0.15) is 30.3 Å². The van der Waals surface area contributed by atoms with Gasteiger partial charge in [0.2, 0.25) is 0 Å². The molecule has 2 rings (SSSR count). The lowest BCUT2D eigenvalue weighted by Crippen LogP contribution is -2.27. The highest BCUT2D eigenvalue weighted by Gasteiger charge is 2.17. The van der Waals surface area contributed by atoms with E-state index in [1.165, 1.54) is 0 Å². The molecule has 74 valence electrons. The van der Waals surface area contributed by atoms with Crippen LogP contribution in [0.25, 0.3) is 0 Å². The molecule has 4 heteroatoms. The summed E-state index contributed by atoms with van der Waals surface area (Å²) in [5.41, 5.74) is 0.932. The third kappa shape index (κ3) is 1.94. The van der Waals surface area contributed by atoms with Crippen molar-refractivity contribution in [1.82, 2.24) is 15.3 Å². The van der Waals surface area contributed by atoms with Gasteiger partial charge < -0.3 is 10.3 Å². The average molecular weight is 190 g/mol. The molecule has 1 aromatic heterocycles. The lowest BCUT2D eigenvalue weighted by atomic mass is 9.98. The lowest BCUT2D eigenvalue weighted by Gasteiger charge is -2.20. The maximum absolute atomic E-state index is 8.53. The van der Waals surface area contributed by atoms with Crippen molar-refractivity contribution in [2.75, 3.05) is 13.1 Å². The van der Waals surface area contributed by atoms with Crippen LogP contribution < -0.4 is 5.32 Å². The molecule has 14 heavy (non-hydrogen) atoms. The van der Waals surface area contributed by atoms with Crippen LogP contribution in [0, 0.1) is 11.3 Å². The van der Waals surface area contributed by atoms with Gasteiger partial charge in [-0.15, -0.1) is 0 Å². The fraction of sp³-hybridized carbons (Fsp3) is 0.600. The van der Waals surface area contributed by atoms with Crippen LogP contribution in [0.3, 0.4) is 0 Å². The molecule has 0 unspecified atom stereocenters. The van der Waals surface area contributed by atoms with Gasteiger partial charge in [-0.3, -0.25) is 0 Å². The summed E-state index contributed by atoms with van der Waals surface area (Å²) in [6, 6.07) is 2.12. The Morgan fingerprint density at radius 3 is 3.00 bits per heavy atom. The third-order valence-corrected chi connectivity index (χ3v) is 2.64. The average Bonchev–Trinajstić information content (AvgIpc) is 2.68. The minimum atomic E-state index is 0.429. The smallest absolute Gasteiger partial charge is 0.109 e. The van der Waals surface area contributed by atoms with Crippen LogP contribution in [0.15, 0.2) is 6.20 Å². The number of aromatic nitrogens is 2. The molecular formula is C10H14N4. The molecule has 1 fully saturated rings. The van der Waals surface area contributed by atoms with Crippen molar-refractivity contribution in [3.63, 3.8) is 0 Å². The molecule has 1 aliphatic heterocycles. The van der Waals surface area contributed by atoms with E-state index >= 15 is 0 Å². The van der Waals surface area contributed by atoms with Crippen LogP contribution in [-0.4, -0.2) is 23.1 Å². The molecule has 2 heterocycles. The fourth-order valence-electron chi connectivity index (χ4n) is 1.85. The number of imidazole rings is 1. The van der Waals surface area contributed by atoms with E-state index < -0.39 is 0 Å². The number of nitriles is 1. The van der Waals surface area contributed by atoms with Crippen molar-refractivity contribution in [2.24, 2.45) is 0 Å². The second-order valence-corrected chi connectivity index (χ2v) is 3.65. The van der Waals surface area contributed by atoms with Gasteiger partial charge in [-0.1, -0.05) is 0 Å². The molecule has 0 aromatic carbocycles. The summed E-state index contributed by atoms with van der Waals surface area (Å²) in [6.07, 6.45) is 4.48. The highest BCUT2D eigenvalue weighted by atomic mass is 14.9. The van der Waals surface area contributed by atoms with Gasteiger partial charge in [0.05, 0.1) is 12.5 Å². The molecule has 0 bridgehead atoms. The monoisotopic (exact) mass is 190 g/mol. The quantitative estimate of drug-likeness (QED) is 0.729. The zero-order valence-electron chi connectivity index (χ0n) is 8.08. The Bertz CT molecular complexity index is 330. The first kappa shape index (κ1) is 9.22.